The van der Waals surface area contributed by atoms with Gasteiger partial charge in [-0.05, 0) is 36.8 Å². The van der Waals surface area contributed by atoms with E-state index in [9.17, 15) is 13.2 Å². The molecule has 1 heterocycles. The average molecular weight is 426 g/mol. The van der Waals surface area contributed by atoms with Crippen LogP contribution in [-0.2, 0) is 21.4 Å². The third-order valence-electron chi connectivity index (χ3n) is 4.32. The maximum Gasteiger partial charge on any atom is 0.245 e. The van der Waals surface area contributed by atoms with Gasteiger partial charge in [0.1, 0.15) is 18.9 Å². The van der Waals surface area contributed by atoms with E-state index in [1.54, 1.807) is 61.8 Å². The Labute approximate surface area is 176 Å². The van der Waals surface area contributed by atoms with Crippen LogP contribution >= 0.6 is 0 Å². The van der Waals surface area contributed by atoms with E-state index in [0.29, 0.717) is 23.7 Å². The van der Waals surface area contributed by atoms with Gasteiger partial charge in [0.15, 0.2) is 0 Å². The van der Waals surface area contributed by atoms with Gasteiger partial charge < -0.3 is 10.1 Å². The van der Waals surface area contributed by atoms with Crippen molar-refractivity contribution in [3.63, 3.8) is 0 Å². The van der Waals surface area contributed by atoms with Crippen LogP contribution in [0, 0.1) is 6.92 Å². The van der Waals surface area contributed by atoms with Gasteiger partial charge in [-0.1, -0.05) is 30.3 Å². The molecule has 0 aliphatic rings. The first kappa shape index (κ1) is 21.3. The first-order valence-electron chi connectivity index (χ1n) is 9.28. The number of aryl methyl sites for hydroxylation is 1. The molecule has 1 aromatic heterocycles. The summed E-state index contributed by atoms with van der Waals surface area (Å²) in [5.41, 5.74) is 2.68. The molecular formula is C22H23N3O4S. The number of benzene rings is 2. The molecule has 0 atom stereocenters. The number of carbonyl (C=O) groups is 1. The molecule has 0 spiro atoms. The third-order valence-corrected chi connectivity index (χ3v) is 5.44. The number of amides is 1. The van der Waals surface area contributed by atoms with Crippen molar-refractivity contribution in [1.29, 1.82) is 0 Å². The molecule has 0 bridgehead atoms. The van der Waals surface area contributed by atoms with Gasteiger partial charge in [0, 0.05) is 29.7 Å². The summed E-state index contributed by atoms with van der Waals surface area (Å²) in [7, 11) is -3.63. The maximum atomic E-state index is 12.6. The molecule has 3 aromatic rings. The number of nitrogens with zero attached hydrogens (tertiary/aromatic N) is 2. The summed E-state index contributed by atoms with van der Waals surface area (Å²) in [6, 6.07) is 17.7. The Kier molecular flexibility index (Phi) is 6.68. The van der Waals surface area contributed by atoms with E-state index in [-0.39, 0.29) is 6.54 Å². The van der Waals surface area contributed by atoms with Crippen LogP contribution in [0.4, 0.5) is 11.4 Å². The van der Waals surface area contributed by atoms with Gasteiger partial charge in [0.25, 0.3) is 0 Å². The SMILES string of the molecule is Cc1ccccc1N(CC(=O)Nc1cccc(OCc2cccnc2)c1)S(C)(=O)=O. The standard InChI is InChI=1S/C22H23N3O4S/c1-17-7-3-4-11-21(17)25(30(2,27)28)15-22(26)24-19-9-5-10-20(13-19)29-16-18-8-6-12-23-14-18/h3-14H,15-16H2,1-2H3,(H,24,26). The third kappa shape index (κ3) is 5.81. The average Bonchev–Trinajstić information content (AvgIpc) is 2.71. The van der Waals surface area contributed by atoms with Gasteiger partial charge in [0.05, 0.1) is 11.9 Å². The van der Waals surface area contributed by atoms with E-state index < -0.39 is 15.9 Å². The summed E-state index contributed by atoms with van der Waals surface area (Å²) in [6.07, 6.45) is 4.49. The largest absolute Gasteiger partial charge is 0.489 e. The van der Waals surface area contributed by atoms with Crippen molar-refractivity contribution in [2.75, 3.05) is 22.4 Å². The number of nitrogens with one attached hydrogen (secondary N) is 1. The molecule has 1 amide bonds. The van der Waals surface area contributed by atoms with Crippen LogP contribution in [0.15, 0.2) is 73.1 Å². The number of carbonyl (C=O) groups excluding carboxylic acids is 1. The van der Waals surface area contributed by atoms with Crippen LogP contribution in [0.5, 0.6) is 5.75 Å². The smallest absolute Gasteiger partial charge is 0.245 e. The molecule has 1 N–H and O–H groups in total. The van der Waals surface area contributed by atoms with Crippen LogP contribution in [0.2, 0.25) is 0 Å². The van der Waals surface area contributed by atoms with Crippen molar-refractivity contribution in [1.82, 2.24) is 4.98 Å². The van der Waals surface area contributed by atoms with E-state index in [2.05, 4.69) is 10.3 Å². The molecule has 0 saturated carbocycles. The van der Waals surface area contributed by atoms with E-state index >= 15 is 0 Å². The fourth-order valence-corrected chi connectivity index (χ4v) is 3.78. The molecule has 0 aliphatic heterocycles. The molecule has 0 fully saturated rings. The van der Waals surface area contributed by atoms with Crippen molar-refractivity contribution < 1.29 is 17.9 Å². The van der Waals surface area contributed by atoms with Crippen molar-refractivity contribution >= 4 is 27.3 Å². The number of aromatic nitrogens is 1. The lowest BCUT2D eigenvalue weighted by molar-refractivity contribution is -0.114. The molecule has 0 aliphatic carbocycles. The van der Waals surface area contributed by atoms with Crippen LogP contribution in [0.1, 0.15) is 11.1 Å². The number of para-hydroxylation sites is 1. The summed E-state index contributed by atoms with van der Waals surface area (Å²) >= 11 is 0. The summed E-state index contributed by atoms with van der Waals surface area (Å²) in [4.78, 5) is 16.6. The Hall–Kier alpha value is -3.39. The number of anilines is 2. The lowest BCUT2D eigenvalue weighted by Crippen LogP contribution is -2.37. The molecule has 0 saturated heterocycles. The molecule has 8 heteroatoms. The van der Waals surface area contributed by atoms with Crippen LogP contribution in [0.25, 0.3) is 0 Å². The second-order valence-corrected chi connectivity index (χ2v) is 8.69. The molecule has 0 unspecified atom stereocenters. The zero-order chi connectivity index (χ0) is 21.6. The first-order valence-corrected chi connectivity index (χ1v) is 11.1. The zero-order valence-corrected chi connectivity index (χ0v) is 17.6. The Morgan fingerprint density at radius 2 is 1.90 bits per heavy atom. The summed E-state index contributed by atoms with van der Waals surface area (Å²) in [5, 5.41) is 2.73. The minimum atomic E-state index is -3.63. The molecule has 3 rings (SSSR count). The number of hydrogen-bond acceptors (Lipinski definition) is 5. The number of hydrogen-bond donors (Lipinski definition) is 1. The number of ether oxygens (including phenoxy) is 1. The normalized spacial score (nSPS) is 11.0. The van der Waals surface area contributed by atoms with Crippen LogP contribution in [0.3, 0.4) is 0 Å². The highest BCUT2D eigenvalue weighted by atomic mass is 32.2. The van der Waals surface area contributed by atoms with E-state index in [1.807, 2.05) is 18.2 Å². The quantitative estimate of drug-likeness (QED) is 0.598. The lowest BCUT2D eigenvalue weighted by Gasteiger charge is -2.23. The van der Waals surface area contributed by atoms with E-state index in [0.717, 1.165) is 21.7 Å². The molecule has 0 radical (unpaired) electrons. The Bertz CT molecular complexity index is 1120. The molecular weight excluding hydrogens is 402 g/mol. The fourth-order valence-electron chi connectivity index (χ4n) is 2.87. The molecule has 30 heavy (non-hydrogen) atoms. The highest BCUT2D eigenvalue weighted by Gasteiger charge is 2.22. The van der Waals surface area contributed by atoms with E-state index in [4.69, 9.17) is 4.74 Å². The van der Waals surface area contributed by atoms with Gasteiger partial charge in [-0.15, -0.1) is 0 Å². The van der Waals surface area contributed by atoms with Crippen LogP contribution < -0.4 is 14.4 Å². The lowest BCUT2D eigenvalue weighted by atomic mass is 10.2. The summed E-state index contributed by atoms with van der Waals surface area (Å²) in [5.74, 6) is 0.128. The summed E-state index contributed by atoms with van der Waals surface area (Å²) in [6.45, 7) is 1.82. The maximum absolute atomic E-state index is 12.6. The van der Waals surface area contributed by atoms with Gasteiger partial charge in [0.2, 0.25) is 15.9 Å². The van der Waals surface area contributed by atoms with Crippen molar-refractivity contribution in [3.05, 3.63) is 84.2 Å². The van der Waals surface area contributed by atoms with Gasteiger partial charge >= 0.3 is 0 Å². The van der Waals surface area contributed by atoms with Crippen molar-refractivity contribution in [3.8, 4) is 5.75 Å². The number of pyridine rings is 1. The minimum Gasteiger partial charge on any atom is -0.489 e. The topological polar surface area (TPSA) is 88.6 Å². The van der Waals surface area contributed by atoms with Crippen LogP contribution in [-0.4, -0.2) is 32.1 Å². The van der Waals surface area contributed by atoms with Crippen molar-refractivity contribution in [2.24, 2.45) is 0 Å². The predicted molar refractivity (Wildman–Crippen MR) is 117 cm³/mol. The monoisotopic (exact) mass is 425 g/mol. The number of rotatable bonds is 8. The highest BCUT2D eigenvalue weighted by molar-refractivity contribution is 7.92. The van der Waals surface area contributed by atoms with Crippen molar-refractivity contribution in [2.45, 2.75) is 13.5 Å². The van der Waals surface area contributed by atoms with Gasteiger partial charge in [-0.3, -0.25) is 14.1 Å². The second kappa shape index (κ2) is 9.41. The Balaban J connectivity index is 1.68. The molecule has 2 aromatic carbocycles. The fraction of sp³-hybridized carbons (Fsp3) is 0.182. The molecule has 156 valence electrons. The highest BCUT2D eigenvalue weighted by Crippen LogP contribution is 2.23. The Morgan fingerprint density at radius 3 is 2.60 bits per heavy atom. The first-order chi connectivity index (χ1) is 14.3. The minimum absolute atomic E-state index is 0.329. The zero-order valence-electron chi connectivity index (χ0n) is 16.8. The Morgan fingerprint density at radius 1 is 1.10 bits per heavy atom. The number of sulfonamides is 1. The van der Waals surface area contributed by atoms with Gasteiger partial charge in [-0.2, -0.15) is 0 Å². The van der Waals surface area contributed by atoms with Gasteiger partial charge in [-0.25, -0.2) is 8.42 Å². The molecule has 7 nitrogen and oxygen atoms in total. The summed E-state index contributed by atoms with van der Waals surface area (Å²) < 4.78 is 31.4. The predicted octanol–water partition coefficient (Wildman–Crippen LogP) is 3.37. The second-order valence-electron chi connectivity index (χ2n) is 6.78. The van der Waals surface area contributed by atoms with E-state index in [1.165, 1.54) is 0 Å².